The average Bonchev–Trinajstić information content (AvgIpc) is 3.04. The summed E-state index contributed by atoms with van der Waals surface area (Å²) in [6.07, 6.45) is 1.63. The summed E-state index contributed by atoms with van der Waals surface area (Å²) < 4.78 is 1.79. The van der Waals surface area contributed by atoms with E-state index in [1.807, 2.05) is 81.7 Å². The second-order valence-electron chi connectivity index (χ2n) is 6.59. The van der Waals surface area contributed by atoms with Gasteiger partial charge in [0, 0.05) is 6.54 Å². The first kappa shape index (κ1) is 17.9. The van der Waals surface area contributed by atoms with Gasteiger partial charge in [0.15, 0.2) is 0 Å². The molecule has 3 aromatic rings. The first-order valence-corrected chi connectivity index (χ1v) is 8.67. The van der Waals surface area contributed by atoms with Crippen molar-refractivity contribution in [3.8, 4) is 5.69 Å². The van der Waals surface area contributed by atoms with E-state index in [4.69, 9.17) is 0 Å². The van der Waals surface area contributed by atoms with Crippen molar-refractivity contribution in [2.24, 2.45) is 0 Å². The largest absolute Gasteiger partial charge is 0.344 e. The maximum atomic E-state index is 12.9. The van der Waals surface area contributed by atoms with E-state index in [9.17, 15) is 4.79 Å². The molecule has 0 aliphatic carbocycles. The van der Waals surface area contributed by atoms with Crippen LogP contribution in [0.2, 0.25) is 0 Å². The van der Waals surface area contributed by atoms with Crippen LogP contribution in [0.15, 0.2) is 66.9 Å². The fourth-order valence-corrected chi connectivity index (χ4v) is 2.98. The van der Waals surface area contributed by atoms with Gasteiger partial charge in [-0.05, 0) is 38.7 Å². The van der Waals surface area contributed by atoms with E-state index >= 15 is 0 Å². The molecule has 1 atom stereocenters. The zero-order valence-corrected chi connectivity index (χ0v) is 15.4. The van der Waals surface area contributed by atoms with Gasteiger partial charge < -0.3 is 10.2 Å². The molecule has 26 heavy (non-hydrogen) atoms. The molecule has 1 N–H and O–H groups in total. The number of carbonyl (C=O) groups excluding carboxylic acids is 1. The Morgan fingerprint density at radius 2 is 1.69 bits per heavy atom. The van der Waals surface area contributed by atoms with Crippen molar-refractivity contribution in [2.45, 2.75) is 13.0 Å². The normalized spacial score (nSPS) is 12.2. The molecule has 1 aromatic heterocycles. The molecule has 134 valence electrons. The van der Waals surface area contributed by atoms with Crippen LogP contribution in [0.4, 0.5) is 0 Å². The molecular formula is C21H24N4O. The number of hydrogen-bond acceptors (Lipinski definition) is 3. The minimum Gasteiger partial charge on any atom is -0.344 e. The molecule has 0 saturated heterocycles. The number of para-hydroxylation sites is 1. The van der Waals surface area contributed by atoms with Crippen LogP contribution >= 0.6 is 0 Å². The van der Waals surface area contributed by atoms with E-state index < -0.39 is 0 Å². The van der Waals surface area contributed by atoms with Crippen molar-refractivity contribution in [1.82, 2.24) is 20.0 Å². The van der Waals surface area contributed by atoms with Gasteiger partial charge in [-0.1, -0.05) is 48.5 Å². The summed E-state index contributed by atoms with van der Waals surface area (Å²) in [4.78, 5) is 15.0. The van der Waals surface area contributed by atoms with Crippen LogP contribution in [0.25, 0.3) is 5.69 Å². The molecule has 5 heteroatoms. The summed E-state index contributed by atoms with van der Waals surface area (Å²) in [7, 11) is 4.00. The highest BCUT2D eigenvalue weighted by Crippen LogP contribution is 2.17. The first-order valence-electron chi connectivity index (χ1n) is 8.67. The van der Waals surface area contributed by atoms with Crippen LogP contribution in [0.1, 0.15) is 27.7 Å². The number of nitrogens with one attached hydrogen (secondary N) is 1. The number of benzene rings is 2. The molecule has 0 aliphatic rings. The predicted octanol–water partition coefficient (Wildman–Crippen LogP) is 3.21. The van der Waals surface area contributed by atoms with Crippen LogP contribution in [0.5, 0.6) is 0 Å². The number of likely N-dealkylation sites (N-methyl/N-ethyl adjacent to an activating group) is 1. The van der Waals surface area contributed by atoms with Crippen LogP contribution < -0.4 is 5.32 Å². The molecule has 2 aromatic carbocycles. The summed E-state index contributed by atoms with van der Waals surface area (Å²) in [6.45, 7) is 2.64. The Hall–Kier alpha value is -2.92. The second-order valence-corrected chi connectivity index (χ2v) is 6.59. The minimum absolute atomic E-state index is 0.0850. The van der Waals surface area contributed by atoms with Crippen LogP contribution in [-0.2, 0) is 0 Å². The Labute approximate surface area is 154 Å². The zero-order chi connectivity index (χ0) is 18.5. The van der Waals surface area contributed by atoms with Crippen LogP contribution in [0, 0.1) is 6.92 Å². The number of aromatic nitrogens is 2. The lowest BCUT2D eigenvalue weighted by Gasteiger charge is -2.22. The summed E-state index contributed by atoms with van der Waals surface area (Å²) >= 11 is 0. The van der Waals surface area contributed by atoms with Crippen molar-refractivity contribution in [2.75, 3.05) is 20.6 Å². The van der Waals surface area contributed by atoms with Gasteiger partial charge in [0.1, 0.15) is 0 Å². The van der Waals surface area contributed by atoms with E-state index in [-0.39, 0.29) is 11.9 Å². The summed E-state index contributed by atoms with van der Waals surface area (Å²) in [5, 5.41) is 7.55. The third-order valence-corrected chi connectivity index (χ3v) is 4.31. The molecule has 0 bridgehead atoms. The summed E-state index contributed by atoms with van der Waals surface area (Å²) in [5.74, 6) is -0.111. The molecule has 0 radical (unpaired) electrons. The Kier molecular flexibility index (Phi) is 5.49. The summed E-state index contributed by atoms with van der Waals surface area (Å²) in [5.41, 5.74) is 3.44. The van der Waals surface area contributed by atoms with Crippen molar-refractivity contribution in [1.29, 1.82) is 0 Å². The van der Waals surface area contributed by atoms with Crippen molar-refractivity contribution < 1.29 is 4.79 Å². The van der Waals surface area contributed by atoms with Gasteiger partial charge >= 0.3 is 0 Å². The van der Waals surface area contributed by atoms with Gasteiger partial charge in [-0.15, -0.1) is 0 Å². The highest BCUT2D eigenvalue weighted by molar-refractivity contribution is 5.95. The van der Waals surface area contributed by atoms with E-state index in [1.54, 1.807) is 10.9 Å². The predicted molar refractivity (Wildman–Crippen MR) is 104 cm³/mol. The number of amides is 1. The van der Waals surface area contributed by atoms with Crippen LogP contribution in [-0.4, -0.2) is 41.2 Å². The number of carbonyl (C=O) groups is 1. The minimum atomic E-state index is -0.111. The van der Waals surface area contributed by atoms with Gasteiger partial charge in [0.05, 0.1) is 29.2 Å². The SMILES string of the molecule is Cc1c(C(=O)N[C@@H](CN(C)C)c2ccccc2)cnn1-c1ccccc1. The van der Waals surface area contributed by atoms with Gasteiger partial charge in [-0.2, -0.15) is 5.10 Å². The third-order valence-electron chi connectivity index (χ3n) is 4.31. The topological polar surface area (TPSA) is 50.2 Å². The van der Waals surface area contributed by atoms with E-state index in [0.29, 0.717) is 5.56 Å². The number of hydrogen-bond donors (Lipinski definition) is 1. The molecule has 3 rings (SSSR count). The lowest BCUT2D eigenvalue weighted by molar-refractivity contribution is 0.0929. The summed E-state index contributed by atoms with van der Waals surface area (Å²) in [6, 6.07) is 19.8. The lowest BCUT2D eigenvalue weighted by Crippen LogP contribution is -2.35. The van der Waals surface area contributed by atoms with Gasteiger partial charge in [-0.25, -0.2) is 4.68 Å². The maximum Gasteiger partial charge on any atom is 0.255 e. The molecule has 5 nitrogen and oxygen atoms in total. The average molecular weight is 348 g/mol. The highest BCUT2D eigenvalue weighted by atomic mass is 16.1. The van der Waals surface area contributed by atoms with Crippen LogP contribution in [0.3, 0.4) is 0 Å². The zero-order valence-electron chi connectivity index (χ0n) is 15.4. The smallest absolute Gasteiger partial charge is 0.255 e. The van der Waals surface area contributed by atoms with Crippen molar-refractivity contribution in [3.05, 3.63) is 83.7 Å². The van der Waals surface area contributed by atoms with Crippen molar-refractivity contribution in [3.63, 3.8) is 0 Å². The molecule has 0 spiro atoms. The maximum absolute atomic E-state index is 12.9. The van der Waals surface area contributed by atoms with E-state index in [1.165, 1.54) is 0 Å². The Morgan fingerprint density at radius 3 is 2.31 bits per heavy atom. The Bertz CT molecular complexity index is 856. The van der Waals surface area contributed by atoms with Gasteiger partial charge in [0.2, 0.25) is 0 Å². The quantitative estimate of drug-likeness (QED) is 0.744. The molecule has 0 aliphatic heterocycles. The monoisotopic (exact) mass is 348 g/mol. The molecule has 1 heterocycles. The van der Waals surface area contributed by atoms with E-state index in [2.05, 4.69) is 15.3 Å². The van der Waals surface area contributed by atoms with Gasteiger partial charge in [0.25, 0.3) is 5.91 Å². The second kappa shape index (κ2) is 7.97. The third kappa shape index (κ3) is 4.00. The van der Waals surface area contributed by atoms with E-state index in [0.717, 1.165) is 23.5 Å². The number of rotatable bonds is 6. The number of nitrogens with zero attached hydrogens (tertiary/aromatic N) is 3. The fraction of sp³-hybridized carbons (Fsp3) is 0.238. The molecule has 0 fully saturated rings. The fourth-order valence-electron chi connectivity index (χ4n) is 2.98. The standard InChI is InChI=1S/C21H24N4O/c1-16-19(14-22-25(16)18-12-8-5-9-13-18)21(26)23-20(15-24(2)3)17-10-6-4-7-11-17/h4-14,20H,15H2,1-3H3,(H,23,26)/t20-/m0/s1. The first-order chi connectivity index (χ1) is 12.6. The highest BCUT2D eigenvalue weighted by Gasteiger charge is 2.20. The molecule has 0 unspecified atom stereocenters. The Balaban J connectivity index is 1.83. The molecule has 1 amide bonds. The molecular weight excluding hydrogens is 324 g/mol. The van der Waals surface area contributed by atoms with Crippen molar-refractivity contribution >= 4 is 5.91 Å². The lowest BCUT2D eigenvalue weighted by atomic mass is 10.1. The molecule has 0 saturated carbocycles. The Morgan fingerprint density at radius 1 is 1.08 bits per heavy atom. The van der Waals surface area contributed by atoms with Gasteiger partial charge in [-0.3, -0.25) is 4.79 Å².